The second-order valence-electron chi connectivity index (χ2n) is 15.6. The summed E-state index contributed by atoms with van der Waals surface area (Å²) in [4.78, 5) is 24.3. The Kier molecular flexibility index (Phi) is 16.5. The number of unbranched alkanes of at least 4 members (excludes halogenated alkanes) is 2. The normalized spacial score (nSPS) is 28.4. The average Bonchev–Trinajstić information content (AvgIpc) is 4.06. The van der Waals surface area contributed by atoms with Gasteiger partial charge in [-0.2, -0.15) is 0 Å². The topological polar surface area (TPSA) is 161 Å². The van der Waals surface area contributed by atoms with Crippen LogP contribution in [0.5, 0.6) is 11.5 Å². The minimum absolute atomic E-state index is 0.0812. The molecule has 57 heavy (non-hydrogen) atoms. The molecule has 0 radical (unpaired) electrons. The molecule has 14 heteroatoms. The Balaban J connectivity index is 1.53. The van der Waals surface area contributed by atoms with Crippen LogP contribution >= 0.6 is 0 Å². The smallest absolute Gasteiger partial charge is 0.410 e. The van der Waals surface area contributed by atoms with Crippen molar-refractivity contribution in [2.45, 2.75) is 95.2 Å². The second-order valence-corrected chi connectivity index (χ2v) is 15.6. The van der Waals surface area contributed by atoms with Crippen molar-refractivity contribution in [2.75, 3.05) is 85.6 Å². The summed E-state index contributed by atoms with van der Waals surface area (Å²) in [6, 6.07) is 5.26. The first-order valence-electron chi connectivity index (χ1n) is 21.3. The maximum absolute atomic E-state index is 14.1. The van der Waals surface area contributed by atoms with E-state index in [4.69, 9.17) is 38.4 Å². The minimum Gasteiger partial charge on any atom is -0.492 e. The van der Waals surface area contributed by atoms with Crippen LogP contribution in [0.3, 0.4) is 0 Å². The number of benzene rings is 1. The number of hydrogen-bond acceptors (Lipinski definition) is 13. The number of hydrogen-bond donors (Lipinski definition) is 3. The summed E-state index contributed by atoms with van der Waals surface area (Å²) in [5.41, 5.74) is 2.63. The van der Waals surface area contributed by atoms with E-state index in [0.29, 0.717) is 37.5 Å². The van der Waals surface area contributed by atoms with Crippen molar-refractivity contribution in [1.29, 1.82) is 0 Å². The quantitative estimate of drug-likeness (QED) is 0.0556. The zero-order valence-corrected chi connectivity index (χ0v) is 33.8. The molecule has 2 saturated heterocycles. The Hall–Kier alpha value is -3.24. The van der Waals surface area contributed by atoms with Crippen LogP contribution in [0.25, 0.3) is 0 Å². The number of fused-ring (bicyclic) bond motifs is 2. The molecule has 1 saturated carbocycles. The van der Waals surface area contributed by atoms with Gasteiger partial charge in [0.2, 0.25) is 12.1 Å². The number of ether oxygens (including phenoxy) is 6. The molecule has 7 atom stereocenters. The number of carbonyl (C=O) groups excluding carboxylic acids is 1. The van der Waals surface area contributed by atoms with Crippen LogP contribution in [0.4, 0.5) is 4.79 Å². The predicted octanol–water partition coefficient (Wildman–Crippen LogP) is 5.01. The lowest BCUT2D eigenvalue weighted by molar-refractivity contribution is -0.256. The fraction of sp³-hybridized carbons (Fsp3) is 0.721. The number of aliphatic hydroxyl groups excluding tert-OH is 3. The summed E-state index contributed by atoms with van der Waals surface area (Å²) in [5.74, 6) is -0.474. The lowest BCUT2D eigenvalue weighted by atomic mass is 9.55. The Labute approximate surface area is 337 Å². The number of carbonyl (C=O) groups is 1. The molecule has 3 N–H and O–H groups in total. The summed E-state index contributed by atoms with van der Waals surface area (Å²) in [7, 11) is 0. The van der Waals surface area contributed by atoms with E-state index < -0.39 is 30.1 Å². The zero-order chi connectivity index (χ0) is 40.0. The first-order chi connectivity index (χ1) is 28.0. The van der Waals surface area contributed by atoms with Gasteiger partial charge in [0.15, 0.2) is 0 Å². The van der Waals surface area contributed by atoms with Gasteiger partial charge in [-0.05, 0) is 81.1 Å². The molecular formula is C43H65N3O11. The molecule has 0 aromatic heterocycles. The molecule has 5 aliphatic rings. The molecule has 3 aliphatic heterocycles. The largest absolute Gasteiger partial charge is 0.492 e. The van der Waals surface area contributed by atoms with E-state index >= 15 is 0 Å². The molecule has 318 valence electrons. The highest BCUT2D eigenvalue weighted by Gasteiger charge is 2.65. The SMILES string of the molecule is C=CCOC12Oc3ccc(OCCN4CC4)cc3C3C(CCCCO)C(CCCCO)C=C(C(=NOC4CCCCO4)CC1N(CCOCCO)C(=O)OCC)C32. The highest BCUT2D eigenvalue weighted by molar-refractivity contribution is 6.03. The molecule has 7 unspecified atom stereocenters. The lowest BCUT2D eigenvalue weighted by Gasteiger charge is -2.59. The van der Waals surface area contributed by atoms with Gasteiger partial charge >= 0.3 is 6.09 Å². The number of allylic oxidation sites excluding steroid dienone is 1. The maximum Gasteiger partial charge on any atom is 0.410 e. The van der Waals surface area contributed by atoms with Crippen molar-refractivity contribution in [1.82, 2.24) is 9.80 Å². The third-order valence-corrected chi connectivity index (χ3v) is 11.9. The van der Waals surface area contributed by atoms with E-state index in [1.165, 1.54) is 0 Å². The van der Waals surface area contributed by atoms with Crippen LogP contribution in [-0.4, -0.2) is 141 Å². The Morgan fingerprint density at radius 3 is 2.61 bits per heavy atom. The molecule has 14 nitrogen and oxygen atoms in total. The number of aliphatic hydroxyl groups is 3. The van der Waals surface area contributed by atoms with Crippen molar-refractivity contribution in [2.24, 2.45) is 22.9 Å². The first-order valence-corrected chi connectivity index (χ1v) is 21.3. The summed E-state index contributed by atoms with van der Waals surface area (Å²) in [6.07, 6.45) is 10.6. The van der Waals surface area contributed by atoms with E-state index in [1.54, 1.807) is 17.9 Å². The monoisotopic (exact) mass is 799 g/mol. The van der Waals surface area contributed by atoms with Crippen LogP contribution in [0, 0.1) is 17.8 Å². The molecule has 0 spiro atoms. The molecule has 1 amide bonds. The van der Waals surface area contributed by atoms with E-state index in [1.807, 2.05) is 12.1 Å². The molecule has 3 fully saturated rings. The molecule has 3 heterocycles. The zero-order valence-electron chi connectivity index (χ0n) is 33.8. The predicted molar refractivity (Wildman–Crippen MR) is 213 cm³/mol. The maximum atomic E-state index is 14.1. The van der Waals surface area contributed by atoms with Crippen LogP contribution < -0.4 is 9.47 Å². The minimum atomic E-state index is -1.42. The van der Waals surface area contributed by atoms with Crippen LogP contribution in [0.2, 0.25) is 0 Å². The number of amides is 1. The van der Waals surface area contributed by atoms with Crippen molar-refractivity contribution >= 4 is 11.8 Å². The molecule has 2 aliphatic carbocycles. The van der Waals surface area contributed by atoms with Gasteiger partial charge in [-0.25, -0.2) is 4.79 Å². The van der Waals surface area contributed by atoms with Gasteiger partial charge in [0.1, 0.15) is 24.1 Å². The molecule has 0 bridgehead atoms. The Morgan fingerprint density at radius 1 is 1.07 bits per heavy atom. The Morgan fingerprint density at radius 2 is 1.89 bits per heavy atom. The van der Waals surface area contributed by atoms with Crippen molar-refractivity contribution in [3.63, 3.8) is 0 Å². The summed E-state index contributed by atoms with van der Waals surface area (Å²) in [6.45, 7) is 10.8. The van der Waals surface area contributed by atoms with Crippen molar-refractivity contribution < 1.29 is 53.4 Å². The fourth-order valence-corrected chi connectivity index (χ4v) is 9.15. The van der Waals surface area contributed by atoms with Gasteiger partial charge in [-0.15, -0.1) is 6.58 Å². The van der Waals surface area contributed by atoms with E-state index in [2.05, 4.69) is 23.6 Å². The molecule has 1 aromatic carbocycles. The van der Waals surface area contributed by atoms with E-state index in [9.17, 15) is 20.1 Å². The highest BCUT2D eigenvalue weighted by Crippen LogP contribution is 2.62. The lowest BCUT2D eigenvalue weighted by Crippen LogP contribution is -2.70. The van der Waals surface area contributed by atoms with Gasteiger partial charge in [0.25, 0.3) is 0 Å². The number of rotatable bonds is 24. The van der Waals surface area contributed by atoms with Crippen molar-refractivity contribution in [3.8, 4) is 11.5 Å². The van der Waals surface area contributed by atoms with Crippen LogP contribution in [0.1, 0.15) is 82.6 Å². The summed E-state index contributed by atoms with van der Waals surface area (Å²) >= 11 is 0. The average molecular weight is 800 g/mol. The van der Waals surface area contributed by atoms with Crippen LogP contribution in [0.15, 0.2) is 47.7 Å². The van der Waals surface area contributed by atoms with E-state index in [0.717, 1.165) is 81.5 Å². The first kappa shape index (κ1) is 43.3. The van der Waals surface area contributed by atoms with Gasteiger partial charge in [-0.1, -0.05) is 30.1 Å². The van der Waals surface area contributed by atoms with Crippen LogP contribution in [-0.2, 0) is 23.8 Å². The fourth-order valence-electron chi connectivity index (χ4n) is 9.15. The number of nitrogens with zero attached hydrogens (tertiary/aromatic N) is 3. The third-order valence-electron chi connectivity index (χ3n) is 11.9. The number of oxime groups is 1. The van der Waals surface area contributed by atoms with Crippen molar-refractivity contribution in [3.05, 3.63) is 48.1 Å². The molecule has 1 aromatic rings. The van der Waals surface area contributed by atoms with Gasteiger partial charge in [0, 0.05) is 63.7 Å². The summed E-state index contributed by atoms with van der Waals surface area (Å²) in [5, 5.41) is 34.1. The van der Waals surface area contributed by atoms with E-state index in [-0.39, 0.29) is 77.0 Å². The van der Waals surface area contributed by atoms with Gasteiger partial charge in [0.05, 0.1) is 51.3 Å². The second kappa shape index (κ2) is 21.7. The van der Waals surface area contributed by atoms with Gasteiger partial charge in [-0.3, -0.25) is 9.80 Å². The Bertz CT molecular complexity index is 1500. The third kappa shape index (κ3) is 10.7. The molecule has 6 rings (SSSR count). The highest BCUT2D eigenvalue weighted by atomic mass is 16.8. The summed E-state index contributed by atoms with van der Waals surface area (Å²) < 4.78 is 38.0. The molecular weight excluding hydrogens is 734 g/mol. The standard InChI is InChI=1S/C43H65N3O11/c1-3-23-55-43-38(46(42(50)52-4-2)19-25-51-27-22-49)30-36(44-57-39-13-7-10-24-54-39)34-28-31(11-5-8-20-47)33(12-6-9-21-48)40(41(34)43)35-29-32(14-15-37(35)56-43)53-26-18-45-16-17-45/h3,14-15,28-29,31,33,38-41,47-49H,1,4-13,16-27,30H2,2H3. The van der Waals surface area contributed by atoms with Gasteiger partial charge < -0.3 is 48.6 Å².